The first-order valence-electron chi connectivity index (χ1n) is 5.64. The highest BCUT2D eigenvalue weighted by Gasteiger charge is 2.17. The Bertz CT molecular complexity index is 613. The average molecular weight is 276 g/mol. The predicted molar refractivity (Wildman–Crippen MR) is 72.2 cm³/mol. The molecule has 0 fully saturated rings. The van der Waals surface area contributed by atoms with Crippen LogP contribution in [0.3, 0.4) is 0 Å². The largest absolute Gasteiger partial charge is 0.481 e. The van der Waals surface area contributed by atoms with Gasteiger partial charge in [-0.15, -0.1) is 0 Å². The van der Waals surface area contributed by atoms with Crippen molar-refractivity contribution >= 4 is 17.7 Å². The van der Waals surface area contributed by atoms with E-state index in [1.807, 2.05) is 30.3 Å². The topological polar surface area (TPSA) is 83.0 Å². The van der Waals surface area contributed by atoms with Crippen molar-refractivity contribution in [2.24, 2.45) is 0 Å². The molecule has 0 aliphatic rings. The van der Waals surface area contributed by atoms with Gasteiger partial charge in [0.1, 0.15) is 0 Å². The second-order valence-electron chi connectivity index (χ2n) is 3.85. The van der Waals surface area contributed by atoms with Gasteiger partial charge in [-0.2, -0.15) is 0 Å². The molecule has 2 N–H and O–H groups in total. The second-order valence-corrected chi connectivity index (χ2v) is 5.05. The molecule has 0 aliphatic heterocycles. The molecule has 1 unspecified atom stereocenters. The van der Waals surface area contributed by atoms with Crippen LogP contribution in [0.25, 0.3) is 0 Å². The zero-order chi connectivity index (χ0) is 13.7. The number of hydrogen-bond donors (Lipinski definition) is 2. The molecule has 0 amide bonds. The average Bonchev–Trinajstić information content (AvgIpc) is 2.38. The number of H-pyrrole nitrogens is 1. The highest BCUT2D eigenvalue weighted by molar-refractivity contribution is 7.99. The number of aromatic nitrogens is 2. The fourth-order valence-electron chi connectivity index (χ4n) is 1.60. The van der Waals surface area contributed by atoms with Crippen LogP contribution in [0.2, 0.25) is 0 Å². The number of aliphatic carboxylic acids is 1. The molecule has 2 aromatic rings. The van der Waals surface area contributed by atoms with Gasteiger partial charge in [0.25, 0.3) is 5.56 Å². The number of thioether (sulfide) groups is 1. The van der Waals surface area contributed by atoms with Gasteiger partial charge in [0, 0.05) is 17.5 Å². The smallest absolute Gasteiger partial charge is 0.304 e. The van der Waals surface area contributed by atoms with Crippen molar-refractivity contribution in [2.75, 3.05) is 0 Å². The van der Waals surface area contributed by atoms with Gasteiger partial charge in [0.05, 0.1) is 6.42 Å². The lowest BCUT2D eigenvalue weighted by atomic mass is 10.1. The van der Waals surface area contributed by atoms with Gasteiger partial charge >= 0.3 is 5.97 Å². The van der Waals surface area contributed by atoms with Gasteiger partial charge in [-0.05, 0) is 5.56 Å². The number of carboxylic acid groups (broad SMARTS) is 1. The number of nitrogens with one attached hydrogen (secondary N) is 1. The Labute approximate surface area is 113 Å². The molecular formula is C13H12N2O3S. The van der Waals surface area contributed by atoms with Crippen molar-refractivity contribution in [3.8, 4) is 0 Å². The standard InChI is InChI=1S/C13H12N2O3S/c16-11-6-7-14-13(15-11)19-10(8-12(17)18)9-4-2-1-3-5-9/h1-7,10H,8H2,(H,17,18)(H,14,15,16). The third-order valence-corrected chi connectivity index (χ3v) is 3.59. The molecule has 0 bridgehead atoms. The zero-order valence-corrected chi connectivity index (χ0v) is 10.8. The van der Waals surface area contributed by atoms with E-state index in [9.17, 15) is 9.59 Å². The summed E-state index contributed by atoms with van der Waals surface area (Å²) in [6.45, 7) is 0. The van der Waals surface area contributed by atoms with E-state index in [1.54, 1.807) is 0 Å². The van der Waals surface area contributed by atoms with E-state index < -0.39 is 5.97 Å². The van der Waals surface area contributed by atoms with Gasteiger partial charge < -0.3 is 10.1 Å². The van der Waals surface area contributed by atoms with Crippen molar-refractivity contribution in [3.63, 3.8) is 0 Å². The minimum Gasteiger partial charge on any atom is -0.481 e. The maximum atomic E-state index is 11.2. The Balaban J connectivity index is 2.24. The number of rotatable bonds is 5. The molecule has 0 saturated carbocycles. The minimum absolute atomic E-state index is 0.0344. The van der Waals surface area contributed by atoms with Crippen LogP contribution in [0.5, 0.6) is 0 Å². The van der Waals surface area contributed by atoms with E-state index in [4.69, 9.17) is 5.11 Å². The lowest BCUT2D eigenvalue weighted by molar-refractivity contribution is -0.137. The maximum absolute atomic E-state index is 11.2. The van der Waals surface area contributed by atoms with Crippen LogP contribution in [-0.2, 0) is 4.79 Å². The summed E-state index contributed by atoms with van der Waals surface area (Å²) in [5.74, 6) is -0.889. The number of aromatic amines is 1. The Morgan fingerprint density at radius 2 is 2.05 bits per heavy atom. The van der Waals surface area contributed by atoms with Gasteiger partial charge in [0.15, 0.2) is 5.16 Å². The molecule has 0 radical (unpaired) electrons. The Hall–Kier alpha value is -2.08. The van der Waals surface area contributed by atoms with Crippen LogP contribution < -0.4 is 5.56 Å². The molecule has 2 rings (SSSR count). The maximum Gasteiger partial charge on any atom is 0.304 e. The highest BCUT2D eigenvalue weighted by atomic mass is 32.2. The van der Waals surface area contributed by atoms with Crippen molar-refractivity contribution in [3.05, 3.63) is 58.5 Å². The normalized spacial score (nSPS) is 12.0. The summed E-state index contributed by atoms with van der Waals surface area (Å²) in [7, 11) is 0. The summed E-state index contributed by atoms with van der Waals surface area (Å²) in [5.41, 5.74) is 0.640. The van der Waals surface area contributed by atoms with Crippen molar-refractivity contribution < 1.29 is 9.90 Å². The van der Waals surface area contributed by atoms with Crippen LogP contribution in [0.15, 0.2) is 52.5 Å². The fourth-order valence-corrected chi connectivity index (χ4v) is 2.67. The predicted octanol–water partition coefficient (Wildman–Crippen LogP) is 2.08. The number of nitrogens with zero attached hydrogens (tertiary/aromatic N) is 1. The molecule has 5 nitrogen and oxygen atoms in total. The van der Waals surface area contributed by atoms with E-state index in [0.29, 0.717) is 5.16 Å². The summed E-state index contributed by atoms with van der Waals surface area (Å²) in [6, 6.07) is 10.6. The van der Waals surface area contributed by atoms with Gasteiger partial charge in [-0.3, -0.25) is 9.59 Å². The lowest BCUT2D eigenvalue weighted by Gasteiger charge is -2.13. The second kappa shape index (κ2) is 6.19. The van der Waals surface area contributed by atoms with Crippen LogP contribution in [0.1, 0.15) is 17.2 Å². The summed E-state index contributed by atoms with van der Waals surface area (Å²) < 4.78 is 0. The molecule has 98 valence electrons. The summed E-state index contributed by atoms with van der Waals surface area (Å²) >= 11 is 1.24. The van der Waals surface area contributed by atoms with Gasteiger partial charge in [-0.1, -0.05) is 42.1 Å². The minimum atomic E-state index is -0.889. The molecular weight excluding hydrogens is 264 g/mol. The van der Waals surface area contributed by atoms with Gasteiger partial charge in [0.2, 0.25) is 0 Å². The first kappa shape index (κ1) is 13.4. The van der Waals surface area contributed by atoms with Crippen LogP contribution in [0.4, 0.5) is 0 Å². The fraction of sp³-hybridized carbons (Fsp3) is 0.154. The summed E-state index contributed by atoms with van der Waals surface area (Å²) in [6.07, 6.45) is 1.37. The number of carboxylic acids is 1. The monoisotopic (exact) mass is 276 g/mol. The Morgan fingerprint density at radius 3 is 2.68 bits per heavy atom. The molecule has 0 spiro atoms. The van der Waals surface area contributed by atoms with Crippen molar-refractivity contribution in [2.45, 2.75) is 16.8 Å². The summed E-state index contributed by atoms with van der Waals surface area (Å²) in [4.78, 5) is 28.8. The third-order valence-electron chi connectivity index (χ3n) is 2.43. The molecule has 0 aliphatic carbocycles. The Morgan fingerprint density at radius 1 is 1.32 bits per heavy atom. The van der Waals surface area contributed by atoms with E-state index in [2.05, 4.69) is 9.97 Å². The quantitative estimate of drug-likeness (QED) is 0.645. The zero-order valence-electron chi connectivity index (χ0n) is 9.95. The van der Waals surface area contributed by atoms with Crippen LogP contribution >= 0.6 is 11.8 Å². The molecule has 1 aromatic carbocycles. The summed E-state index contributed by atoms with van der Waals surface area (Å²) in [5, 5.41) is 9.10. The van der Waals surface area contributed by atoms with E-state index in [0.717, 1.165) is 5.56 Å². The third kappa shape index (κ3) is 3.96. The first-order valence-corrected chi connectivity index (χ1v) is 6.52. The number of carbonyl (C=O) groups is 1. The highest BCUT2D eigenvalue weighted by Crippen LogP contribution is 2.35. The molecule has 0 saturated heterocycles. The molecule has 1 atom stereocenters. The van der Waals surface area contributed by atoms with Crippen molar-refractivity contribution in [1.29, 1.82) is 0 Å². The molecule has 19 heavy (non-hydrogen) atoms. The Kier molecular flexibility index (Phi) is 4.35. The van der Waals surface area contributed by atoms with Gasteiger partial charge in [-0.25, -0.2) is 4.98 Å². The van der Waals surface area contributed by atoms with E-state index in [1.165, 1.54) is 24.0 Å². The van der Waals surface area contributed by atoms with E-state index in [-0.39, 0.29) is 17.2 Å². The number of hydrogen-bond acceptors (Lipinski definition) is 4. The van der Waals surface area contributed by atoms with Crippen molar-refractivity contribution in [1.82, 2.24) is 9.97 Å². The van der Waals surface area contributed by atoms with Crippen LogP contribution in [-0.4, -0.2) is 21.0 Å². The molecule has 6 heteroatoms. The van der Waals surface area contributed by atoms with E-state index >= 15 is 0 Å². The molecule has 1 aromatic heterocycles. The first-order chi connectivity index (χ1) is 9.15. The van der Waals surface area contributed by atoms with Crippen LogP contribution in [0, 0.1) is 0 Å². The number of benzene rings is 1. The lowest BCUT2D eigenvalue weighted by Crippen LogP contribution is -2.08. The molecule has 1 heterocycles. The SMILES string of the molecule is O=C(O)CC(Sc1nccc(=O)[nH]1)c1ccccc1.